The number of esters is 1. The molecule has 0 spiro atoms. The third-order valence-corrected chi connectivity index (χ3v) is 11.5. The van der Waals surface area contributed by atoms with E-state index in [-0.39, 0.29) is 38.1 Å². The molecule has 56 heavy (non-hydrogen) atoms. The summed E-state index contributed by atoms with van der Waals surface area (Å²) >= 11 is 0. The zero-order valence-electron chi connectivity index (χ0n) is 36.2. The molecule has 1 fully saturated rings. The van der Waals surface area contributed by atoms with Gasteiger partial charge in [-0.15, -0.1) is 0 Å². The van der Waals surface area contributed by atoms with Crippen molar-refractivity contribution in [3.05, 3.63) is 24.3 Å². The molecule has 1 aliphatic rings. The lowest BCUT2D eigenvalue weighted by atomic mass is 9.89. The van der Waals surface area contributed by atoms with Crippen LogP contribution < -0.4 is 4.89 Å². The van der Waals surface area contributed by atoms with Crippen LogP contribution in [0.25, 0.3) is 0 Å². The Morgan fingerprint density at radius 2 is 1.38 bits per heavy atom. The summed E-state index contributed by atoms with van der Waals surface area (Å²) in [6, 6.07) is 0. The van der Waals surface area contributed by atoms with Crippen molar-refractivity contribution in [3.63, 3.8) is 0 Å². The minimum absolute atomic E-state index is 0.0161. The molecule has 0 aromatic carbocycles. The quantitative estimate of drug-likeness (QED) is 0.0183. The number of likely N-dealkylation sites (N-methyl/N-ethyl adjacent to an activating group) is 1. The number of aliphatic hydroxyl groups excluding tert-OH is 3. The van der Waals surface area contributed by atoms with Crippen molar-refractivity contribution < 1.29 is 52.6 Å². The van der Waals surface area contributed by atoms with E-state index in [0.29, 0.717) is 49.7 Å². The van der Waals surface area contributed by atoms with Crippen molar-refractivity contribution in [2.24, 2.45) is 11.8 Å². The summed E-state index contributed by atoms with van der Waals surface area (Å²) in [6.07, 6.45) is 28.5. The van der Waals surface area contributed by atoms with Crippen LogP contribution in [0.2, 0.25) is 0 Å². The summed E-state index contributed by atoms with van der Waals surface area (Å²) in [5.74, 6) is -0.839. The molecular weight excluding hydrogens is 733 g/mol. The first-order valence-electron chi connectivity index (χ1n) is 22.3. The number of allylic oxidation sites excluding steroid dienone is 2. The van der Waals surface area contributed by atoms with E-state index < -0.39 is 38.2 Å². The Morgan fingerprint density at radius 3 is 1.98 bits per heavy atom. The van der Waals surface area contributed by atoms with Crippen molar-refractivity contribution >= 4 is 13.8 Å². The number of ether oxygens (including phenoxy) is 2. The lowest BCUT2D eigenvalue weighted by molar-refractivity contribution is -0.870. The van der Waals surface area contributed by atoms with Crippen molar-refractivity contribution in [2.45, 2.75) is 186 Å². The zero-order valence-corrected chi connectivity index (χ0v) is 37.1. The average Bonchev–Trinajstić information content (AvgIpc) is 3.40. The summed E-state index contributed by atoms with van der Waals surface area (Å²) in [5, 5.41) is 31.4. The third-order valence-electron chi connectivity index (χ3n) is 10.6. The Morgan fingerprint density at radius 1 is 0.786 bits per heavy atom. The number of quaternary nitrogens is 1. The van der Waals surface area contributed by atoms with Crippen LogP contribution >= 0.6 is 7.82 Å². The summed E-state index contributed by atoms with van der Waals surface area (Å²) in [7, 11) is 1.21. The van der Waals surface area contributed by atoms with E-state index in [4.69, 9.17) is 18.5 Å². The van der Waals surface area contributed by atoms with Crippen LogP contribution in [0, 0.1) is 11.8 Å². The van der Waals surface area contributed by atoms with Crippen LogP contribution in [-0.2, 0) is 27.9 Å². The number of carbonyl (C=O) groups is 1. The van der Waals surface area contributed by atoms with Gasteiger partial charge in [-0.3, -0.25) is 9.36 Å². The van der Waals surface area contributed by atoms with Crippen molar-refractivity contribution in [1.29, 1.82) is 0 Å². The maximum atomic E-state index is 12.8. The third kappa shape index (κ3) is 29.1. The predicted octanol–water partition coefficient (Wildman–Crippen LogP) is 8.58. The summed E-state index contributed by atoms with van der Waals surface area (Å²) in [6.45, 7) is 4.99. The summed E-state index contributed by atoms with van der Waals surface area (Å²) in [4.78, 5) is 25.2. The highest BCUT2D eigenvalue weighted by Gasteiger charge is 2.39. The first-order valence-corrected chi connectivity index (χ1v) is 23.8. The number of phosphoric ester groups is 1. The second-order valence-corrected chi connectivity index (χ2v) is 18.4. The number of hydrogen-bond acceptors (Lipinski definition) is 10. The number of hydrogen-bond donors (Lipinski definition) is 3. The molecule has 1 aliphatic carbocycles. The molecule has 7 atom stereocenters. The van der Waals surface area contributed by atoms with Crippen molar-refractivity contribution in [1.82, 2.24) is 0 Å². The molecule has 11 nitrogen and oxygen atoms in total. The van der Waals surface area contributed by atoms with Gasteiger partial charge < -0.3 is 43.2 Å². The van der Waals surface area contributed by atoms with Gasteiger partial charge in [0.2, 0.25) is 0 Å². The van der Waals surface area contributed by atoms with E-state index in [1.54, 1.807) is 6.08 Å². The Balaban J connectivity index is 2.46. The highest BCUT2D eigenvalue weighted by molar-refractivity contribution is 7.45. The van der Waals surface area contributed by atoms with E-state index in [2.05, 4.69) is 13.8 Å². The molecule has 0 amide bonds. The van der Waals surface area contributed by atoms with Gasteiger partial charge in [-0.05, 0) is 38.0 Å². The molecule has 3 N–H and O–H groups in total. The van der Waals surface area contributed by atoms with Gasteiger partial charge in [-0.1, -0.05) is 141 Å². The molecule has 7 unspecified atom stereocenters. The zero-order chi connectivity index (χ0) is 41.5. The SMILES string of the molecule is CCCCCCCCCCCCCCCCOCC(COP(=O)([O-])OCC[N+](C)(C)C)OC(=O)CCC/C=C\CC1C(O)CC(O)C1/C=C/C(O)CCCCC. The minimum Gasteiger partial charge on any atom is -0.756 e. The lowest BCUT2D eigenvalue weighted by Crippen LogP contribution is -2.37. The number of rotatable bonds is 37. The standard InChI is InChI=1S/C44H84NO10P/c1-6-8-10-11-12-13-14-15-16-17-18-19-22-26-33-52-36-39(37-54-56(50,51)53-34-32-45(3,4)5)55-44(49)29-25-21-20-24-28-40-41(43(48)35-42(40)47)31-30-38(46)27-23-9-7-2/h20,24,30-31,38-43,46-48H,6-19,21-23,25-29,32-37H2,1-5H3/b24-20-,31-30+. The summed E-state index contributed by atoms with van der Waals surface area (Å²) in [5.41, 5.74) is 0. The monoisotopic (exact) mass is 818 g/mol. The maximum Gasteiger partial charge on any atom is 0.306 e. The van der Waals surface area contributed by atoms with Gasteiger partial charge in [0.25, 0.3) is 7.82 Å². The Hall–Kier alpha value is -1.14. The van der Waals surface area contributed by atoms with Crippen LogP contribution in [0.15, 0.2) is 24.3 Å². The minimum atomic E-state index is -4.59. The molecule has 0 bridgehead atoms. The van der Waals surface area contributed by atoms with Gasteiger partial charge in [-0.25, -0.2) is 0 Å². The van der Waals surface area contributed by atoms with Crippen LogP contribution in [0.1, 0.15) is 162 Å². The second-order valence-electron chi connectivity index (χ2n) is 17.0. The molecule has 1 saturated carbocycles. The van der Waals surface area contributed by atoms with E-state index in [0.717, 1.165) is 38.5 Å². The first kappa shape index (κ1) is 52.9. The number of unbranched alkanes of at least 4 members (excludes halogenated alkanes) is 16. The van der Waals surface area contributed by atoms with E-state index in [1.165, 1.54) is 70.6 Å². The van der Waals surface area contributed by atoms with Gasteiger partial charge in [0.15, 0.2) is 0 Å². The topological polar surface area (TPSA) is 155 Å². The molecule has 1 rings (SSSR count). The number of aliphatic hydroxyl groups is 3. The average molecular weight is 818 g/mol. The van der Waals surface area contributed by atoms with Gasteiger partial charge in [0, 0.05) is 25.4 Å². The lowest BCUT2D eigenvalue weighted by Gasteiger charge is -2.28. The van der Waals surface area contributed by atoms with E-state index >= 15 is 0 Å². The van der Waals surface area contributed by atoms with Gasteiger partial charge >= 0.3 is 5.97 Å². The number of phosphoric acid groups is 1. The van der Waals surface area contributed by atoms with Crippen LogP contribution in [-0.4, -0.2) is 104 Å². The molecule has 0 aromatic rings. The molecular formula is C44H84NO10P. The highest BCUT2D eigenvalue weighted by atomic mass is 31.2. The fourth-order valence-electron chi connectivity index (χ4n) is 7.01. The Labute approximate surface area is 341 Å². The van der Waals surface area contributed by atoms with E-state index in [1.807, 2.05) is 39.4 Å². The van der Waals surface area contributed by atoms with Crippen LogP contribution in [0.4, 0.5) is 0 Å². The van der Waals surface area contributed by atoms with Crippen molar-refractivity contribution in [3.8, 4) is 0 Å². The van der Waals surface area contributed by atoms with Gasteiger partial charge in [-0.2, -0.15) is 0 Å². The number of carbonyl (C=O) groups excluding carboxylic acids is 1. The largest absolute Gasteiger partial charge is 0.756 e. The molecule has 0 aliphatic heterocycles. The predicted molar refractivity (Wildman–Crippen MR) is 224 cm³/mol. The van der Waals surface area contributed by atoms with Crippen molar-refractivity contribution in [2.75, 3.05) is 54.1 Å². The molecule has 0 heterocycles. The van der Waals surface area contributed by atoms with Gasteiger partial charge in [0.05, 0.1) is 52.7 Å². The van der Waals surface area contributed by atoms with E-state index in [9.17, 15) is 29.6 Å². The smallest absolute Gasteiger partial charge is 0.306 e. The van der Waals surface area contributed by atoms with Gasteiger partial charge in [0.1, 0.15) is 19.3 Å². The number of nitrogens with zero attached hydrogens (tertiary/aromatic N) is 1. The summed E-state index contributed by atoms with van der Waals surface area (Å²) < 4.78 is 34.5. The molecule has 12 heteroatoms. The Kier molecular flexibility index (Phi) is 30.9. The molecule has 0 saturated heterocycles. The van der Waals surface area contributed by atoms with Crippen LogP contribution in [0.3, 0.4) is 0 Å². The first-order chi connectivity index (χ1) is 26.8. The Bertz CT molecular complexity index is 1070. The highest BCUT2D eigenvalue weighted by Crippen LogP contribution is 2.38. The maximum absolute atomic E-state index is 12.8. The fraction of sp³-hybridized carbons (Fsp3) is 0.886. The second kappa shape index (κ2) is 32.7. The fourth-order valence-corrected chi connectivity index (χ4v) is 7.74. The molecule has 0 radical (unpaired) electrons. The molecule has 0 aromatic heterocycles. The molecule has 330 valence electrons. The normalized spacial score (nSPS) is 21.2. The van der Waals surface area contributed by atoms with Crippen LogP contribution in [0.5, 0.6) is 0 Å².